The van der Waals surface area contributed by atoms with Crippen LogP contribution in [0.2, 0.25) is 0 Å². The molecule has 59 heavy (non-hydrogen) atoms. The van der Waals surface area contributed by atoms with Crippen molar-refractivity contribution in [3.8, 4) is 0 Å². The number of aliphatic hydroxyl groups excluding tert-OH is 1. The fourth-order valence-electron chi connectivity index (χ4n) is 9.54. The lowest BCUT2D eigenvalue weighted by Gasteiger charge is -2.67. The summed E-state index contributed by atoms with van der Waals surface area (Å²) in [7, 11) is 0. The second-order valence-corrected chi connectivity index (χ2v) is 15.9. The third-order valence-corrected chi connectivity index (χ3v) is 12.1. The van der Waals surface area contributed by atoms with Gasteiger partial charge in [0.1, 0.15) is 41.5 Å². The van der Waals surface area contributed by atoms with E-state index >= 15 is 0 Å². The Bertz CT molecular complexity index is 2040. The Morgan fingerprint density at radius 2 is 1.42 bits per heavy atom. The molecule has 1 spiro atoms. The van der Waals surface area contributed by atoms with Gasteiger partial charge in [-0.25, -0.2) is 9.59 Å². The Balaban J connectivity index is 1.75. The molecular formula is C41H47NO17. The number of ether oxygens (including phenoxy) is 8. The normalized spacial score (nSPS) is 37.4. The quantitative estimate of drug-likeness (QED) is 0.298. The summed E-state index contributed by atoms with van der Waals surface area (Å²) in [6.07, 6.45) is -10.8. The van der Waals surface area contributed by atoms with Crippen molar-refractivity contribution in [1.29, 1.82) is 0 Å². The maximum Gasteiger partial charge on any atom is 0.340 e. The number of esters is 7. The highest BCUT2D eigenvalue weighted by atomic mass is 16.7. The maximum atomic E-state index is 14.4. The number of carbonyl (C=O) groups is 7. The zero-order valence-corrected chi connectivity index (χ0v) is 33.7. The Kier molecular flexibility index (Phi) is 11.4. The summed E-state index contributed by atoms with van der Waals surface area (Å²) in [6, 6.07) is 10.3. The second-order valence-electron chi connectivity index (χ2n) is 15.9. The van der Waals surface area contributed by atoms with Gasteiger partial charge in [-0.2, -0.15) is 0 Å². The number of benzene rings is 1. The van der Waals surface area contributed by atoms with E-state index in [1.807, 2.05) is 0 Å². The minimum Gasteiger partial charge on any atom is -0.465 e. The number of aromatic nitrogens is 1. The van der Waals surface area contributed by atoms with E-state index in [-0.39, 0.29) is 16.8 Å². The summed E-state index contributed by atoms with van der Waals surface area (Å²) in [5, 5.41) is 26.3. The van der Waals surface area contributed by atoms with Gasteiger partial charge in [0.25, 0.3) is 0 Å². The van der Waals surface area contributed by atoms with Gasteiger partial charge in [-0.05, 0) is 38.1 Å². The zero-order chi connectivity index (χ0) is 43.4. The van der Waals surface area contributed by atoms with Gasteiger partial charge in [0.05, 0.1) is 34.8 Å². The number of pyridine rings is 1. The van der Waals surface area contributed by atoms with Crippen molar-refractivity contribution < 1.29 is 81.7 Å². The zero-order valence-electron chi connectivity index (χ0n) is 33.7. The topological polar surface area (TPSA) is 247 Å². The summed E-state index contributed by atoms with van der Waals surface area (Å²) < 4.78 is 48.6. The molecule has 18 nitrogen and oxygen atoms in total. The van der Waals surface area contributed by atoms with Crippen molar-refractivity contribution in [2.45, 2.75) is 115 Å². The van der Waals surface area contributed by atoms with Crippen molar-refractivity contribution in [2.24, 2.45) is 17.3 Å². The molecule has 2 aromatic rings. The monoisotopic (exact) mass is 825 g/mol. The van der Waals surface area contributed by atoms with Crippen LogP contribution >= 0.6 is 0 Å². The standard InChI is InChI=1S/C41H47NO17/c1-19-20(2)35(48)57-32-30(55-23(5)45)34(58-36(49)25-13-10-9-11-14-25)40(18-52-21(3)43)33(56-24(6)46)29(54-22(4)44)27-31(47)41(40,39(32,8)51)59-38(27,7)17-53-37(50)26-15-12-16-42-28(19)26/h9-16,19-20,27,29-34,47,51H,17-18H2,1-8H3/t19-,20-,27+,29+,30-,31+,32-,33-,34+,38-,39-,40+,41-/m0/s1. The van der Waals surface area contributed by atoms with E-state index in [1.54, 1.807) is 13.0 Å². The van der Waals surface area contributed by atoms with Gasteiger partial charge in [0.15, 0.2) is 24.4 Å². The smallest absolute Gasteiger partial charge is 0.340 e. The van der Waals surface area contributed by atoms with E-state index in [2.05, 4.69) is 4.98 Å². The molecular weight excluding hydrogens is 778 g/mol. The summed E-state index contributed by atoms with van der Waals surface area (Å²) >= 11 is 0. The molecule has 4 aliphatic rings. The number of nitrogens with zero attached hydrogens (tertiary/aromatic N) is 1. The maximum absolute atomic E-state index is 14.4. The van der Waals surface area contributed by atoms with Crippen molar-refractivity contribution in [3.05, 3.63) is 65.5 Å². The third kappa shape index (κ3) is 6.89. The van der Waals surface area contributed by atoms with Crippen molar-refractivity contribution in [1.82, 2.24) is 4.98 Å². The first-order chi connectivity index (χ1) is 27.6. The lowest BCUT2D eigenvalue weighted by molar-refractivity contribution is -0.385. The molecule has 3 heterocycles. The van der Waals surface area contributed by atoms with E-state index < -0.39 is 132 Å². The molecule has 2 aliphatic heterocycles. The molecule has 1 aromatic heterocycles. The number of aliphatic hydroxyl groups is 2. The average molecular weight is 826 g/mol. The highest BCUT2D eigenvalue weighted by Gasteiger charge is 2.91. The Hall–Kier alpha value is -5.46. The Labute approximate surface area is 338 Å². The number of fused-ring (bicyclic) bond motifs is 5. The van der Waals surface area contributed by atoms with E-state index in [4.69, 9.17) is 37.9 Å². The average Bonchev–Trinajstić information content (AvgIpc) is 3.37. The van der Waals surface area contributed by atoms with Gasteiger partial charge in [-0.1, -0.05) is 32.0 Å². The minimum absolute atomic E-state index is 0.0311. The first-order valence-corrected chi connectivity index (χ1v) is 19.0. The molecule has 0 radical (unpaired) electrons. The van der Waals surface area contributed by atoms with E-state index in [0.717, 1.165) is 34.6 Å². The molecule has 2 aliphatic carbocycles. The molecule has 3 fully saturated rings. The summed E-state index contributed by atoms with van der Waals surface area (Å²) in [5.74, 6) is -10.7. The number of rotatable bonds is 7. The third-order valence-electron chi connectivity index (χ3n) is 12.1. The number of carbonyl (C=O) groups excluding carboxylic acids is 7. The summed E-state index contributed by atoms with van der Waals surface area (Å²) in [6.45, 7) is 7.76. The molecule has 318 valence electrons. The van der Waals surface area contributed by atoms with E-state index in [1.165, 1.54) is 56.4 Å². The van der Waals surface area contributed by atoms with Gasteiger partial charge in [0.2, 0.25) is 0 Å². The van der Waals surface area contributed by atoms with Crippen molar-refractivity contribution in [3.63, 3.8) is 0 Å². The van der Waals surface area contributed by atoms with Gasteiger partial charge in [-0.15, -0.1) is 0 Å². The van der Waals surface area contributed by atoms with Crippen LogP contribution in [0.1, 0.15) is 87.7 Å². The predicted molar refractivity (Wildman–Crippen MR) is 196 cm³/mol. The van der Waals surface area contributed by atoms with E-state index in [0.29, 0.717) is 0 Å². The highest BCUT2D eigenvalue weighted by Crippen LogP contribution is 2.69. The van der Waals surface area contributed by atoms with E-state index in [9.17, 15) is 43.8 Å². The number of cyclic esters (lactones) is 1. The SMILES string of the molecule is CC(=O)OC[C@@]12[C@H](OC(=O)c3ccccc3)[C@@H](OC(C)=O)[C@@H]3OC(=O)[C@@H](C)[C@H](C)c4ncccc4C(=O)OC[C@]4(C)O[C@@]1([C@H](O)[C@H]4[C@@H](OC(C)=O)[C@@H]2OC(C)=O)[C@@]3(C)O. The van der Waals surface area contributed by atoms with Crippen LogP contribution in [0, 0.1) is 17.3 Å². The van der Waals surface area contributed by atoms with Gasteiger partial charge < -0.3 is 48.1 Å². The molecule has 0 unspecified atom stereocenters. The number of hydrogen-bond acceptors (Lipinski definition) is 18. The summed E-state index contributed by atoms with van der Waals surface area (Å²) in [4.78, 5) is 99.4. The Morgan fingerprint density at radius 1 is 0.814 bits per heavy atom. The molecule has 1 aromatic carbocycles. The van der Waals surface area contributed by atoms with Crippen LogP contribution in [0.3, 0.4) is 0 Å². The lowest BCUT2D eigenvalue weighted by atomic mass is 9.45. The van der Waals surface area contributed by atoms with Crippen LogP contribution in [0.15, 0.2) is 48.7 Å². The fourth-order valence-corrected chi connectivity index (χ4v) is 9.54. The second kappa shape index (κ2) is 15.6. The van der Waals surface area contributed by atoms with Crippen LogP contribution in [-0.4, -0.2) is 124 Å². The largest absolute Gasteiger partial charge is 0.465 e. The molecule has 0 amide bonds. The van der Waals surface area contributed by atoms with Crippen molar-refractivity contribution >= 4 is 41.8 Å². The first-order valence-electron chi connectivity index (χ1n) is 19.0. The molecule has 4 bridgehead atoms. The van der Waals surface area contributed by atoms with Crippen LogP contribution in [-0.2, 0) is 61.9 Å². The fraction of sp³-hybridized carbons (Fsp3) is 0.561. The van der Waals surface area contributed by atoms with Crippen molar-refractivity contribution in [2.75, 3.05) is 13.2 Å². The molecule has 18 heteroatoms. The molecule has 1 saturated heterocycles. The van der Waals surface area contributed by atoms with Crippen LogP contribution in [0.25, 0.3) is 0 Å². The highest BCUT2D eigenvalue weighted by molar-refractivity contribution is 5.91. The van der Waals surface area contributed by atoms with Gasteiger partial charge in [0, 0.05) is 39.8 Å². The molecule has 2 saturated carbocycles. The van der Waals surface area contributed by atoms with Crippen LogP contribution in [0.4, 0.5) is 0 Å². The van der Waals surface area contributed by atoms with Gasteiger partial charge >= 0.3 is 41.8 Å². The first kappa shape index (κ1) is 43.1. The molecule has 6 rings (SSSR count). The number of hydrogen-bond donors (Lipinski definition) is 2. The minimum atomic E-state index is -2.82. The van der Waals surface area contributed by atoms with Crippen LogP contribution in [0.5, 0.6) is 0 Å². The predicted octanol–water partition coefficient (Wildman–Crippen LogP) is 1.76. The summed E-state index contributed by atoms with van der Waals surface area (Å²) in [5.41, 5.74) is -10.2. The van der Waals surface area contributed by atoms with Crippen LogP contribution < -0.4 is 0 Å². The molecule has 2 N–H and O–H groups in total. The van der Waals surface area contributed by atoms with Gasteiger partial charge in [-0.3, -0.25) is 29.0 Å². The molecule has 13 atom stereocenters. The Morgan fingerprint density at radius 3 is 2.03 bits per heavy atom. The lowest BCUT2D eigenvalue weighted by Crippen LogP contribution is -2.89.